The number of ketones is 1. The zero-order chi connectivity index (χ0) is 34.9. The van der Waals surface area contributed by atoms with Gasteiger partial charge < -0.3 is 15.5 Å². The molecule has 4 fully saturated rings. The van der Waals surface area contributed by atoms with Gasteiger partial charge in [0, 0.05) is 72.7 Å². The molecule has 50 heavy (non-hydrogen) atoms. The number of Topliss-reactive ketones (excluding diaryl/α,β-unsaturated/α-hetero) is 1. The molecule has 5 aliphatic rings. The molecule has 3 amide bonds. The topological polar surface area (TPSA) is 139 Å². The van der Waals surface area contributed by atoms with Crippen molar-refractivity contribution in [2.24, 2.45) is 17.3 Å². The summed E-state index contributed by atoms with van der Waals surface area (Å²) in [6.45, 7) is 3.43. The molecule has 1 spiro atoms. The van der Waals surface area contributed by atoms with E-state index in [-0.39, 0.29) is 76.2 Å². The predicted octanol–water partition coefficient (Wildman–Crippen LogP) is 4.56. The predicted molar refractivity (Wildman–Crippen MR) is 182 cm³/mol. The number of piperidine rings is 1. The van der Waals surface area contributed by atoms with Crippen LogP contribution in [0.5, 0.6) is 0 Å². The number of hydrogen-bond acceptors (Lipinski definition) is 7. The Morgan fingerprint density at radius 1 is 1.06 bits per heavy atom. The van der Waals surface area contributed by atoms with Gasteiger partial charge in [-0.3, -0.25) is 23.9 Å². The van der Waals surface area contributed by atoms with Crippen LogP contribution in [0.2, 0.25) is 5.02 Å². The highest BCUT2D eigenvalue weighted by molar-refractivity contribution is 6.30. The van der Waals surface area contributed by atoms with Crippen LogP contribution < -0.4 is 10.6 Å². The van der Waals surface area contributed by atoms with Crippen molar-refractivity contribution in [2.75, 3.05) is 6.54 Å². The summed E-state index contributed by atoms with van der Waals surface area (Å²) < 4.78 is 16.3. The summed E-state index contributed by atoms with van der Waals surface area (Å²) >= 11 is 5.96. The Morgan fingerprint density at radius 2 is 1.82 bits per heavy atom. The average Bonchev–Trinajstić information content (AvgIpc) is 3.71. The number of rotatable bonds is 5. The van der Waals surface area contributed by atoms with Gasteiger partial charge in [0.2, 0.25) is 17.7 Å². The van der Waals surface area contributed by atoms with Gasteiger partial charge in [-0.1, -0.05) is 36.6 Å². The molecule has 5 heterocycles. The molecule has 3 aliphatic heterocycles. The molecule has 2 N–H and O–H groups in total. The number of hydrogen-bond donors (Lipinski definition) is 2. The lowest BCUT2D eigenvalue weighted by molar-refractivity contribution is -0.139. The van der Waals surface area contributed by atoms with Gasteiger partial charge in [0.25, 0.3) is 0 Å². The van der Waals surface area contributed by atoms with Gasteiger partial charge in [-0.25, -0.2) is 14.4 Å². The molecule has 11 nitrogen and oxygen atoms in total. The van der Waals surface area contributed by atoms with Crippen molar-refractivity contribution in [1.82, 2.24) is 35.3 Å². The Kier molecular flexibility index (Phi) is 7.97. The minimum Gasteiger partial charge on any atom is -0.355 e. The maximum Gasteiger partial charge on any atom is 0.245 e. The fourth-order valence-electron chi connectivity index (χ4n) is 8.63. The summed E-state index contributed by atoms with van der Waals surface area (Å²) in [4.78, 5) is 64.4. The summed E-state index contributed by atoms with van der Waals surface area (Å²) in [6, 6.07) is 7.61. The van der Waals surface area contributed by atoms with Crippen molar-refractivity contribution in [1.29, 1.82) is 0 Å². The van der Waals surface area contributed by atoms with E-state index in [9.17, 15) is 23.6 Å². The molecule has 4 bridgehead atoms. The standard InChI is InChI=1S/C37H37ClFN7O4/c1-19(47)32-25-13-23(24-15-40-20(2)41-16-24)12-21-8-5-3-4-6-11-27(48)43-18-37-29-30(37)35(37)46(28(49)17-45(44-32)33(21)25)34(29)36(50)42-14-22-9-7-10-26(38)31(22)39/h7,9-10,12-13,15-16,29-30,34-35H,3-6,8,11,14,17-18H2,1-2H3,(H,42,50)(H,43,48)/t29?,30?,34-,35+,37-/m0/s1. The zero-order valence-electron chi connectivity index (χ0n) is 27.8. The first-order chi connectivity index (χ1) is 24.1. The highest BCUT2D eigenvalue weighted by Crippen LogP contribution is 2.87. The summed E-state index contributed by atoms with van der Waals surface area (Å²) in [5.74, 6) is -0.892. The number of aromatic nitrogens is 4. The molecule has 2 aliphatic carbocycles. The molecule has 13 heteroatoms. The summed E-state index contributed by atoms with van der Waals surface area (Å²) in [5.41, 5.74) is 3.47. The van der Waals surface area contributed by atoms with Gasteiger partial charge >= 0.3 is 0 Å². The highest BCUT2D eigenvalue weighted by atomic mass is 35.5. The second kappa shape index (κ2) is 12.3. The molecule has 9 rings (SSSR count). The molecule has 2 saturated carbocycles. The number of carbonyl (C=O) groups excluding carboxylic acids is 4. The molecule has 2 aromatic heterocycles. The maximum absolute atomic E-state index is 14.7. The van der Waals surface area contributed by atoms with Crippen LogP contribution in [0.1, 0.15) is 66.5 Å². The summed E-state index contributed by atoms with van der Waals surface area (Å²) in [5, 5.41) is 11.3. The second-order valence-electron chi connectivity index (χ2n) is 14.1. The van der Waals surface area contributed by atoms with Crippen molar-refractivity contribution in [3.8, 4) is 11.1 Å². The molecule has 2 unspecified atom stereocenters. The smallest absolute Gasteiger partial charge is 0.245 e. The lowest BCUT2D eigenvalue weighted by atomic mass is 9.96. The monoisotopic (exact) mass is 697 g/mol. The Bertz CT molecular complexity index is 2080. The first-order valence-corrected chi connectivity index (χ1v) is 17.6. The van der Waals surface area contributed by atoms with Crippen molar-refractivity contribution in [3.05, 3.63) is 76.2 Å². The number of halogens is 2. The van der Waals surface area contributed by atoms with E-state index < -0.39 is 11.9 Å². The van der Waals surface area contributed by atoms with E-state index in [0.29, 0.717) is 36.1 Å². The second-order valence-corrected chi connectivity index (χ2v) is 14.5. The summed E-state index contributed by atoms with van der Waals surface area (Å²) in [7, 11) is 0. The van der Waals surface area contributed by atoms with E-state index in [1.165, 1.54) is 13.0 Å². The molecular weight excluding hydrogens is 661 g/mol. The van der Waals surface area contributed by atoms with Crippen LogP contribution in [0.4, 0.5) is 4.39 Å². The van der Waals surface area contributed by atoms with Gasteiger partial charge in [-0.2, -0.15) is 5.10 Å². The normalized spacial score (nSPS) is 25.9. The van der Waals surface area contributed by atoms with Crippen LogP contribution in [0.15, 0.2) is 42.7 Å². The van der Waals surface area contributed by atoms with Gasteiger partial charge in [-0.05, 0) is 61.4 Å². The van der Waals surface area contributed by atoms with E-state index >= 15 is 0 Å². The number of nitrogens with zero attached hydrogens (tertiary/aromatic N) is 5. The van der Waals surface area contributed by atoms with E-state index in [4.69, 9.17) is 16.7 Å². The first-order valence-electron chi connectivity index (χ1n) is 17.2. The van der Waals surface area contributed by atoms with E-state index in [1.807, 2.05) is 13.0 Å². The van der Waals surface area contributed by atoms with Crippen LogP contribution in [0.25, 0.3) is 22.0 Å². The number of aryl methyl sites for hydroxylation is 2. The molecular formula is C37H37ClFN7O4. The van der Waals surface area contributed by atoms with Crippen LogP contribution in [0.3, 0.4) is 0 Å². The van der Waals surface area contributed by atoms with Crippen LogP contribution >= 0.6 is 11.6 Å². The quantitative estimate of drug-likeness (QED) is 0.292. The van der Waals surface area contributed by atoms with Crippen molar-refractivity contribution in [3.63, 3.8) is 0 Å². The fraction of sp³-hybridized carbons (Fsp3) is 0.432. The lowest BCUT2D eigenvalue weighted by Gasteiger charge is -2.24. The SMILES string of the molecule is CC(=O)c1nn2c3c(cc(-c4cnc(C)nc4)cc13)CCCCCCC(=O)NC[C@]13C4C1[C@H]3N(C(=O)C2)[C@@H]4C(=O)NCc1cccc(Cl)c1F. The Balaban J connectivity index is 1.16. The summed E-state index contributed by atoms with van der Waals surface area (Å²) in [6.07, 6.45) is 8.00. The van der Waals surface area contributed by atoms with Crippen molar-refractivity contribution >= 4 is 46.0 Å². The highest BCUT2D eigenvalue weighted by Gasteiger charge is 2.96. The van der Waals surface area contributed by atoms with Crippen LogP contribution in [-0.2, 0) is 33.9 Å². The minimum atomic E-state index is -0.780. The lowest BCUT2D eigenvalue weighted by Crippen LogP contribution is -2.47. The maximum atomic E-state index is 14.7. The Labute approximate surface area is 293 Å². The Hall–Kier alpha value is -4.71. The minimum absolute atomic E-state index is 0.0254. The van der Waals surface area contributed by atoms with Gasteiger partial charge in [0.15, 0.2) is 5.78 Å². The van der Waals surface area contributed by atoms with E-state index in [1.54, 1.807) is 34.1 Å². The zero-order valence-corrected chi connectivity index (χ0v) is 28.6. The van der Waals surface area contributed by atoms with Gasteiger partial charge in [-0.15, -0.1) is 0 Å². The van der Waals surface area contributed by atoms with Crippen LogP contribution in [-0.4, -0.2) is 66.8 Å². The molecule has 5 atom stereocenters. The average molecular weight is 698 g/mol. The third-order valence-corrected chi connectivity index (χ3v) is 11.4. The fourth-order valence-corrected chi connectivity index (χ4v) is 8.82. The molecule has 2 aromatic carbocycles. The molecule has 0 radical (unpaired) electrons. The first kappa shape index (κ1) is 32.5. The number of carbonyl (C=O) groups is 4. The van der Waals surface area contributed by atoms with Crippen LogP contribution in [0, 0.1) is 30.0 Å². The molecule has 2 saturated heterocycles. The van der Waals surface area contributed by atoms with Crippen molar-refractivity contribution < 1.29 is 23.6 Å². The third kappa shape index (κ3) is 5.26. The largest absolute Gasteiger partial charge is 0.355 e. The van der Waals surface area contributed by atoms with Crippen molar-refractivity contribution in [2.45, 2.75) is 77.5 Å². The molecule has 4 aromatic rings. The Morgan fingerprint density at radius 3 is 2.58 bits per heavy atom. The van der Waals surface area contributed by atoms with Gasteiger partial charge in [0.05, 0.1) is 10.5 Å². The third-order valence-electron chi connectivity index (χ3n) is 11.1. The van der Waals surface area contributed by atoms with E-state index in [2.05, 4.69) is 26.7 Å². The number of amides is 3. The number of nitrogens with one attached hydrogen (secondary N) is 2. The van der Waals surface area contributed by atoms with E-state index in [0.717, 1.165) is 42.4 Å². The van der Waals surface area contributed by atoms with Gasteiger partial charge in [0.1, 0.15) is 29.9 Å². The molecule has 258 valence electrons. The number of benzene rings is 2.